The van der Waals surface area contributed by atoms with Gasteiger partial charge in [0.25, 0.3) is 11.5 Å². The number of carbonyl (C=O) groups is 1. The summed E-state index contributed by atoms with van der Waals surface area (Å²) in [5, 5.41) is 6.43. The molecule has 3 aromatic rings. The van der Waals surface area contributed by atoms with E-state index in [2.05, 4.69) is 25.1 Å². The minimum absolute atomic E-state index is 0.0437. The van der Waals surface area contributed by atoms with Gasteiger partial charge in [0, 0.05) is 25.0 Å². The molecule has 3 aromatic heterocycles. The van der Waals surface area contributed by atoms with E-state index < -0.39 is 11.5 Å². The number of carbonyl (C=O) groups excluding carboxylic acids is 1. The zero-order valence-electron chi connectivity index (χ0n) is 13.9. The molecule has 3 rings (SSSR count). The zero-order valence-corrected chi connectivity index (χ0v) is 14.8. The Hall–Kier alpha value is -2.88. The van der Waals surface area contributed by atoms with Crippen molar-refractivity contribution in [1.82, 2.24) is 30.0 Å². The minimum Gasteiger partial charge on any atom is -0.340 e. The van der Waals surface area contributed by atoms with Crippen LogP contribution in [0.15, 0.2) is 20.9 Å². The molecule has 0 radical (unpaired) electrons. The van der Waals surface area contributed by atoms with Crippen molar-refractivity contribution in [2.45, 2.75) is 27.3 Å². The molecule has 0 unspecified atom stereocenters. The van der Waals surface area contributed by atoms with Gasteiger partial charge in [-0.25, -0.2) is 9.97 Å². The van der Waals surface area contributed by atoms with Crippen molar-refractivity contribution in [3.63, 3.8) is 0 Å². The highest BCUT2D eigenvalue weighted by Crippen LogP contribution is 2.16. The van der Waals surface area contributed by atoms with Crippen LogP contribution in [0, 0.1) is 13.8 Å². The van der Waals surface area contributed by atoms with Crippen LogP contribution < -0.4 is 5.56 Å². The van der Waals surface area contributed by atoms with E-state index >= 15 is 0 Å². The summed E-state index contributed by atoms with van der Waals surface area (Å²) in [5.74, 6) is 0.690. The molecule has 3 heterocycles. The lowest BCUT2D eigenvalue weighted by Crippen LogP contribution is -2.35. The van der Waals surface area contributed by atoms with E-state index in [-0.39, 0.29) is 12.1 Å². The van der Waals surface area contributed by atoms with Gasteiger partial charge in [0.2, 0.25) is 5.89 Å². The molecule has 0 saturated heterocycles. The standard InChI is InChI=1S/C15H16N6O3S/c1-4-21(6-12-17-8(2)24-20-12)15(23)10-5-16-13(19-14(10)22)11-7-25-9(3)18-11/h5,7H,4,6H2,1-3H3,(H,16,19,22). The van der Waals surface area contributed by atoms with Gasteiger partial charge in [0.1, 0.15) is 11.3 Å². The Labute approximate surface area is 146 Å². The Kier molecular flexibility index (Phi) is 4.70. The van der Waals surface area contributed by atoms with E-state index in [9.17, 15) is 9.59 Å². The average Bonchev–Trinajstić information content (AvgIpc) is 3.20. The smallest absolute Gasteiger partial charge is 0.264 e. The number of nitrogens with zero attached hydrogens (tertiary/aromatic N) is 5. The number of aryl methyl sites for hydroxylation is 2. The molecule has 0 bridgehead atoms. The first-order chi connectivity index (χ1) is 12.0. The summed E-state index contributed by atoms with van der Waals surface area (Å²) in [6.45, 7) is 5.88. The predicted octanol–water partition coefficient (Wildman–Crippen LogP) is 1.56. The lowest BCUT2D eigenvalue weighted by molar-refractivity contribution is 0.0745. The van der Waals surface area contributed by atoms with Crippen molar-refractivity contribution in [1.29, 1.82) is 0 Å². The molecule has 0 atom stereocenters. The number of rotatable bonds is 5. The van der Waals surface area contributed by atoms with Gasteiger partial charge >= 0.3 is 0 Å². The maximum atomic E-state index is 12.6. The molecule has 9 nitrogen and oxygen atoms in total. The number of hydrogen-bond acceptors (Lipinski definition) is 8. The van der Waals surface area contributed by atoms with Crippen LogP contribution in [0.4, 0.5) is 0 Å². The number of H-pyrrole nitrogens is 1. The third-order valence-corrected chi connectivity index (χ3v) is 4.24. The summed E-state index contributed by atoms with van der Waals surface area (Å²) in [7, 11) is 0. The first-order valence-electron chi connectivity index (χ1n) is 7.58. The van der Waals surface area contributed by atoms with Crippen molar-refractivity contribution in [2.75, 3.05) is 6.54 Å². The Balaban J connectivity index is 1.84. The van der Waals surface area contributed by atoms with Gasteiger partial charge in [-0.15, -0.1) is 11.3 Å². The Bertz CT molecular complexity index is 960. The second kappa shape index (κ2) is 6.93. The summed E-state index contributed by atoms with van der Waals surface area (Å²) in [4.78, 5) is 41.5. The van der Waals surface area contributed by atoms with Gasteiger partial charge in [0.15, 0.2) is 11.6 Å². The van der Waals surface area contributed by atoms with Gasteiger partial charge in [-0.2, -0.15) is 4.98 Å². The number of thiazole rings is 1. The van der Waals surface area contributed by atoms with E-state index in [0.717, 1.165) is 5.01 Å². The maximum absolute atomic E-state index is 12.6. The summed E-state index contributed by atoms with van der Waals surface area (Å²) in [6.07, 6.45) is 1.27. The summed E-state index contributed by atoms with van der Waals surface area (Å²) < 4.78 is 4.90. The minimum atomic E-state index is -0.511. The molecule has 0 aliphatic carbocycles. The topological polar surface area (TPSA) is 118 Å². The summed E-state index contributed by atoms with van der Waals surface area (Å²) in [5.41, 5.74) is 0.0226. The highest BCUT2D eigenvalue weighted by molar-refractivity contribution is 7.09. The molecule has 0 aliphatic heterocycles. The highest BCUT2D eigenvalue weighted by Gasteiger charge is 2.21. The third kappa shape index (κ3) is 3.63. The third-order valence-electron chi connectivity index (χ3n) is 3.46. The molecule has 0 saturated carbocycles. The zero-order chi connectivity index (χ0) is 18.0. The second-order valence-corrected chi connectivity index (χ2v) is 6.34. The number of aromatic nitrogens is 5. The molecule has 0 spiro atoms. The molecular formula is C15H16N6O3S. The Morgan fingerprint density at radius 3 is 2.72 bits per heavy atom. The van der Waals surface area contributed by atoms with Crippen molar-refractivity contribution < 1.29 is 9.32 Å². The van der Waals surface area contributed by atoms with Crippen molar-refractivity contribution in [3.05, 3.63) is 44.2 Å². The van der Waals surface area contributed by atoms with Crippen LogP contribution in [0.3, 0.4) is 0 Å². The highest BCUT2D eigenvalue weighted by atomic mass is 32.1. The lowest BCUT2D eigenvalue weighted by atomic mass is 10.2. The Morgan fingerprint density at radius 2 is 2.16 bits per heavy atom. The fraction of sp³-hybridized carbons (Fsp3) is 0.333. The van der Waals surface area contributed by atoms with Gasteiger partial charge < -0.3 is 14.4 Å². The van der Waals surface area contributed by atoms with E-state index in [0.29, 0.717) is 29.8 Å². The SMILES string of the molecule is CCN(Cc1noc(C)n1)C(=O)c1cnc(-c2csc(C)n2)[nH]c1=O. The van der Waals surface area contributed by atoms with Gasteiger partial charge in [-0.1, -0.05) is 5.16 Å². The fourth-order valence-electron chi connectivity index (χ4n) is 2.22. The average molecular weight is 360 g/mol. The fourth-order valence-corrected chi connectivity index (χ4v) is 2.82. The molecule has 0 aromatic carbocycles. The normalized spacial score (nSPS) is 10.8. The number of aromatic amines is 1. The number of amides is 1. The molecular weight excluding hydrogens is 344 g/mol. The quantitative estimate of drug-likeness (QED) is 0.733. The predicted molar refractivity (Wildman–Crippen MR) is 90.2 cm³/mol. The van der Waals surface area contributed by atoms with E-state index in [1.165, 1.54) is 22.4 Å². The van der Waals surface area contributed by atoms with Gasteiger partial charge in [-0.05, 0) is 13.8 Å². The van der Waals surface area contributed by atoms with Crippen LogP contribution in [-0.2, 0) is 6.54 Å². The molecule has 130 valence electrons. The van der Waals surface area contributed by atoms with Crippen LogP contribution in [0.25, 0.3) is 11.5 Å². The lowest BCUT2D eigenvalue weighted by Gasteiger charge is -2.18. The van der Waals surface area contributed by atoms with Crippen LogP contribution in [-0.4, -0.2) is 42.4 Å². The van der Waals surface area contributed by atoms with Crippen LogP contribution in [0.5, 0.6) is 0 Å². The van der Waals surface area contributed by atoms with Crippen LogP contribution >= 0.6 is 11.3 Å². The Morgan fingerprint density at radius 1 is 1.36 bits per heavy atom. The van der Waals surface area contributed by atoms with Crippen LogP contribution in [0.1, 0.15) is 34.0 Å². The molecule has 10 heteroatoms. The number of nitrogens with one attached hydrogen (secondary N) is 1. The second-order valence-electron chi connectivity index (χ2n) is 5.28. The van der Waals surface area contributed by atoms with Crippen molar-refractivity contribution >= 4 is 17.2 Å². The first-order valence-corrected chi connectivity index (χ1v) is 8.46. The molecule has 1 amide bonds. The van der Waals surface area contributed by atoms with Gasteiger partial charge in [-0.3, -0.25) is 9.59 Å². The summed E-state index contributed by atoms with van der Waals surface area (Å²) >= 11 is 1.46. The first kappa shape index (κ1) is 17.0. The maximum Gasteiger partial charge on any atom is 0.264 e. The van der Waals surface area contributed by atoms with E-state index in [4.69, 9.17) is 4.52 Å². The monoisotopic (exact) mass is 360 g/mol. The van der Waals surface area contributed by atoms with Gasteiger partial charge in [0.05, 0.1) is 11.6 Å². The largest absolute Gasteiger partial charge is 0.340 e. The van der Waals surface area contributed by atoms with Crippen molar-refractivity contribution in [3.8, 4) is 11.5 Å². The molecule has 0 fully saturated rings. The van der Waals surface area contributed by atoms with E-state index in [1.54, 1.807) is 19.2 Å². The van der Waals surface area contributed by atoms with Crippen LogP contribution in [0.2, 0.25) is 0 Å². The molecule has 25 heavy (non-hydrogen) atoms. The van der Waals surface area contributed by atoms with Crippen molar-refractivity contribution in [2.24, 2.45) is 0 Å². The molecule has 0 aliphatic rings. The van der Waals surface area contributed by atoms with E-state index in [1.807, 2.05) is 6.92 Å². The summed E-state index contributed by atoms with van der Waals surface area (Å²) in [6, 6.07) is 0. The molecule has 1 N–H and O–H groups in total. The number of hydrogen-bond donors (Lipinski definition) is 1.